The Bertz CT molecular complexity index is 2270. The summed E-state index contributed by atoms with van der Waals surface area (Å²) in [4.78, 5) is 129. The van der Waals surface area contributed by atoms with E-state index in [-0.39, 0.29) is 75.4 Å². The van der Waals surface area contributed by atoms with E-state index in [1.807, 2.05) is 61.5 Å². The molecule has 5 amide bonds. The first-order valence-electron chi connectivity index (χ1n) is 25.8. The lowest BCUT2D eigenvalue weighted by molar-refractivity contribution is -0.146. The Labute approximate surface area is 460 Å². The zero-order valence-electron chi connectivity index (χ0n) is 44.7. The Morgan fingerprint density at radius 2 is 0.909 bits per heavy atom. The molecule has 0 saturated carbocycles. The number of carbonyl (C=O) groups excluding carboxylic acids is 10. The zero-order valence-corrected chi connectivity index (χ0v) is 47.2. The van der Waals surface area contributed by atoms with Crippen molar-refractivity contribution in [1.82, 2.24) is 26.6 Å². The van der Waals surface area contributed by atoms with E-state index < -0.39 is 91.3 Å². The molecule has 5 N–H and O–H groups in total. The van der Waals surface area contributed by atoms with Crippen LogP contribution in [0.5, 0.6) is 0 Å². The lowest BCUT2D eigenvalue weighted by atomic mass is 10.1. The number of hydrogen-bond acceptors (Lipinski definition) is 16. The molecule has 0 bridgehead atoms. The standard InChI is InChI=1S/C55H74N5O14PS2/c1-6-8-12-27-47(62)57-43(55(70)73-5)30-33-50(65)60-45(53(68)56-36-52(67)74-7-2)38-77-76-37-44(46(61)31-34-51(66)71-3)59-49(64)32-29-42(54(69)72-4)58-48(63)28-19-20-35-75(39-21-13-9-14-22-39,40-23-15-10-16-24-40)41-25-17-11-18-26-41/h9-11,13-18,21-26,42-45H,6-8,12,19-20,27-38H2,1-5H3,(H4-,56,57,58,59,60,62,63,64,65,68)/p+1. The number of benzene rings is 3. The first-order valence-corrected chi connectivity index (χ1v) is 30.2. The number of methoxy groups -OCH3 is 3. The highest BCUT2D eigenvalue weighted by Gasteiger charge is 2.44. The van der Waals surface area contributed by atoms with Crippen LogP contribution in [-0.2, 0) is 66.9 Å². The van der Waals surface area contributed by atoms with Gasteiger partial charge in [-0.1, -0.05) is 96.0 Å². The van der Waals surface area contributed by atoms with Crippen molar-refractivity contribution in [3.63, 3.8) is 0 Å². The van der Waals surface area contributed by atoms with Crippen molar-refractivity contribution in [2.24, 2.45) is 0 Å². The molecule has 0 aliphatic rings. The third kappa shape index (κ3) is 23.5. The van der Waals surface area contributed by atoms with Gasteiger partial charge in [0, 0.05) is 43.6 Å². The molecule has 0 aromatic heterocycles. The number of rotatable bonds is 37. The van der Waals surface area contributed by atoms with E-state index in [4.69, 9.17) is 18.9 Å². The fourth-order valence-corrected chi connectivity index (χ4v) is 14.9. The summed E-state index contributed by atoms with van der Waals surface area (Å²) >= 11 is 0. The fraction of sp³-hybridized carbons (Fsp3) is 0.491. The minimum atomic E-state index is -2.13. The lowest BCUT2D eigenvalue weighted by Gasteiger charge is -2.27. The molecule has 77 heavy (non-hydrogen) atoms. The molecule has 0 aliphatic heterocycles. The normalized spacial score (nSPS) is 12.5. The Kier molecular flexibility index (Phi) is 30.9. The van der Waals surface area contributed by atoms with Crippen LogP contribution in [0.15, 0.2) is 91.0 Å². The summed E-state index contributed by atoms with van der Waals surface area (Å²) in [6, 6.07) is 26.5. The highest BCUT2D eigenvalue weighted by atomic mass is 33.1. The predicted octanol–water partition coefficient (Wildman–Crippen LogP) is 4.16. The summed E-state index contributed by atoms with van der Waals surface area (Å²) in [5.41, 5.74) is 0. The summed E-state index contributed by atoms with van der Waals surface area (Å²) in [5.74, 6) is -6.35. The molecular formula is C55H75N5O14PS2+. The van der Waals surface area contributed by atoms with Gasteiger partial charge in [0.2, 0.25) is 29.5 Å². The van der Waals surface area contributed by atoms with E-state index in [1.165, 1.54) is 30.1 Å². The van der Waals surface area contributed by atoms with Crippen LogP contribution in [0, 0.1) is 0 Å². The van der Waals surface area contributed by atoms with Gasteiger partial charge in [0.1, 0.15) is 47.8 Å². The number of amides is 5. The number of carbonyl (C=O) groups is 10. The molecule has 0 spiro atoms. The molecule has 0 fully saturated rings. The van der Waals surface area contributed by atoms with E-state index in [0.29, 0.717) is 19.3 Å². The van der Waals surface area contributed by atoms with Crippen LogP contribution in [0.1, 0.15) is 97.3 Å². The average Bonchev–Trinajstić information content (AvgIpc) is 3.44. The largest absolute Gasteiger partial charge is 0.469 e. The Hall–Kier alpha value is -6.31. The van der Waals surface area contributed by atoms with Crippen molar-refractivity contribution in [1.29, 1.82) is 0 Å². The summed E-state index contributed by atoms with van der Waals surface area (Å²) in [6.07, 6.45) is 3.20. The Morgan fingerprint density at radius 3 is 1.35 bits per heavy atom. The monoisotopic (exact) mass is 1120 g/mol. The third-order valence-corrected chi connectivity index (χ3v) is 19.1. The first-order chi connectivity index (χ1) is 37.1. The van der Waals surface area contributed by atoms with Crippen LogP contribution in [0.2, 0.25) is 0 Å². The number of ketones is 1. The maximum atomic E-state index is 13.5. The second-order valence-electron chi connectivity index (χ2n) is 17.7. The van der Waals surface area contributed by atoms with Gasteiger partial charge in [0.15, 0.2) is 5.78 Å². The van der Waals surface area contributed by atoms with Crippen LogP contribution < -0.4 is 42.5 Å². The third-order valence-electron chi connectivity index (χ3n) is 12.2. The lowest BCUT2D eigenvalue weighted by Crippen LogP contribution is -2.50. The predicted molar refractivity (Wildman–Crippen MR) is 299 cm³/mol. The van der Waals surface area contributed by atoms with Gasteiger partial charge in [0.05, 0.1) is 46.6 Å². The summed E-state index contributed by atoms with van der Waals surface area (Å²) < 4.78 is 19.4. The number of Topliss-reactive ketones (excluding diaryl/α,β-unsaturated/α-hetero) is 1. The average molecular weight is 1130 g/mol. The first kappa shape index (κ1) is 65.0. The van der Waals surface area contributed by atoms with Crippen LogP contribution in [0.25, 0.3) is 0 Å². The molecule has 0 aliphatic carbocycles. The smallest absolute Gasteiger partial charge is 0.328 e. The van der Waals surface area contributed by atoms with E-state index in [0.717, 1.165) is 47.7 Å². The molecule has 0 saturated heterocycles. The highest BCUT2D eigenvalue weighted by molar-refractivity contribution is 8.76. The van der Waals surface area contributed by atoms with Crippen molar-refractivity contribution in [3.05, 3.63) is 91.0 Å². The van der Waals surface area contributed by atoms with E-state index >= 15 is 0 Å². The number of hydrogen-bond donors (Lipinski definition) is 5. The van der Waals surface area contributed by atoms with Crippen LogP contribution >= 0.6 is 28.9 Å². The van der Waals surface area contributed by atoms with E-state index in [1.54, 1.807) is 6.92 Å². The van der Waals surface area contributed by atoms with Crippen molar-refractivity contribution in [3.8, 4) is 0 Å². The second-order valence-corrected chi connectivity index (χ2v) is 23.9. The zero-order chi connectivity index (χ0) is 56.4. The number of unbranched alkanes of at least 4 members (excludes halogenated alkanes) is 3. The summed E-state index contributed by atoms with van der Waals surface area (Å²) in [5, 5.41) is 16.7. The molecule has 0 radical (unpaired) electrons. The van der Waals surface area contributed by atoms with Gasteiger partial charge in [-0.25, -0.2) is 9.59 Å². The maximum absolute atomic E-state index is 13.5. The van der Waals surface area contributed by atoms with Gasteiger partial charge >= 0.3 is 23.9 Å². The van der Waals surface area contributed by atoms with Gasteiger partial charge in [-0.3, -0.25) is 38.4 Å². The Balaban J connectivity index is 1.66. The van der Waals surface area contributed by atoms with Crippen molar-refractivity contribution >= 4 is 104 Å². The fourth-order valence-electron chi connectivity index (χ4n) is 8.08. The summed E-state index contributed by atoms with van der Waals surface area (Å²) in [6.45, 7) is 3.16. The van der Waals surface area contributed by atoms with Gasteiger partial charge in [-0.2, -0.15) is 0 Å². The number of esters is 4. The quantitative estimate of drug-likeness (QED) is 0.0178. The van der Waals surface area contributed by atoms with Gasteiger partial charge in [-0.05, 0) is 75.4 Å². The molecule has 3 aromatic rings. The minimum absolute atomic E-state index is 0.0696. The summed E-state index contributed by atoms with van der Waals surface area (Å²) in [7, 11) is 3.50. The molecule has 19 nitrogen and oxygen atoms in total. The molecule has 22 heteroatoms. The highest BCUT2D eigenvalue weighted by Crippen LogP contribution is 2.56. The number of ether oxygens (including phenoxy) is 4. The molecular weight excluding hydrogens is 1050 g/mol. The number of nitrogens with one attached hydrogen (secondary N) is 5. The van der Waals surface area contributed by atoms with Gasteiger partial charge in [0.25, 0.3) is 0 Å². The molecule has 4 unspecified atom stereocenters. The second kappa shape index (κ2) is 36.7. The molecule has 3 aromatic carbocycles. The molecule has 0 heterocycles. The maximum Gasteiger partial charge on any atom is 0.328 e. The van der Waals surface area contributed by atoms with Gasteiger partial charge < -0.3 is 45.5 Å². The van der Waals surface area contributed by atoms with Gasteiger partial charge in [-0.15, -0.1) is 0 Å². The molecule has 3 rings (SSSR count). The van der Waals surface area contributed by atoms with Crippen molar-refractivity contribution in [2.45, 2.75) is 121 Å². The minimum Gasteiger partial charge on any atom is -0.469 e. The molecule has 420 valence electrons. The van der Waals surface area contributed by atoms with Crippen molar-refractivity contribution < 1.29 is 66.9 Å². The van der Waals surface area contributed by atoms with E-state index in [2.05, 4.69) is 63.0 Å². The van der Waals surface area contributed by atoms with E-state index in [9.17, 15) is 47.9 Å². The van der Waals surface area contributed by atoms with Crippen molar-refractivity contribution in [2.75, 3.05) is 52.1 Å². The Morgan fingerprint density at radius 1 is 0.481 bits per heavy atom. The van der Waals surface area contributed by atoms with Crippen LogP contribution in [0.4, 0.5) is 0 Å². The van der Waals surface area contributed by atoms with Crippen LogP contribution in [-0.4, -0.2) is 136 Å². The van der Waals surface area contributed by atoms with Crippen LogP contribution in [0.3, 0.4) is 0 Å². The molecule has 4 atom stereocenters. The topological polar surface area (TPSA) is 268 Å². The SMILES string of the molecule is CCCCCC(=O)NC(CCC(=O)NC(CSSCC(NC(=O)CCC(NC(=O)CCCC[P+](c1ccccc1)(c1ccccc1)c1ccccc1)C(=O)OC)C(=O)CCC(=O)OC)C(=O)NCC(=O)OCC)C(=O)OC.